The summed E-state index contributed by atoms with van der Waals surface area (Å²) in [4.78, 5) is 34.0. The van der Waals surface area contributed by atoms with Crippen molar-refractivity contribution in [3.63, 3.8) is 0 Å². The van der Waals surface area contributed by atoms with Crippen molar-refractivity contribution >= 4 is 40.4 Å². The first-order chi connectivity index (χ1) is 16.2. The number of halogens is 1. The van der Waals surface area contributed by atoms with Crippen molar-refractivity contribution < 1.29 is 19.4 Å². The van der Waals surface area contributed by atoms with E-state index in [1.54, 1.807) is 48.8 Å². The van der Waals surface area contributed by atoms with E-state index in [0.717, 1.165) is 11.3 Å². The topological polar surface area (TPSA) is 83.0 Å². The summed E-state index contributed by atoms with van der Waals surface area (Å²) in [5.74, 6) is -1.66. The maximum absolute atomic E-state index is 13.3. The van der Waals surface area contributed by atoms with E-state index in [2.05, 4.69) is 4.98 Å². The summed E-state index contributed by atoms with van der Waals surface area (Å²) < 4.78 is 5.41. The van der Waals surface area contributed by atoms with E-state index in [4.69, 9.17) is 16.3 Å². The number of rotatable bonds is 5. The molecule has 4 rings (SSSR count). The monoisotopic (exact) mass is 477 g/mol. The highest BCUT2D eigenvalue weighted by atomic mass is 35.5. The molecule has 3 aromatic rings. The Hall–Kier alpha value is -3.84. The molecule has 1 fully saturated rings. The average molecular weight is 478 g/mol. The molecule has 174 valence electrons. The maximum Gasteiger partial charge on any atom is 0.300 e. The molecule has 7 nitrogen and oxygen atoms in total. The first-order valence-electron chi connectivity index (χ1n) is 10.6. The van der Waals surface area contributed by atoms with Crippen molar-refractivity contribution in [3.05, 3.63) is 88.2 Å². The van der Waals surface area contributed by atoms with Crippen LogP contribution < -0.4 is 14.5 Å². The van der Waals surface area contributed by atoms with Crippen molar-refractivity contribution in [2.75, 3.05) is 31.0 Å². The summed E-state index contributed by atoms with van der Waals surface area (Å²) in [6.07, 6.45) is 3.16. The molecule has 2 heterocycles. The maximum atomic E-state index is 13.3. The highest BCUT2D eigenvalue weighted by Crippen LogP contribution is 2.44. The van der Waals surface area contributed by atoms with Gasteiger partial charge in [0.1, 0.15) is 11.5 Å². The predicted molar refractivity (Wildman–Crippen MR) is 133 cm³/mol. The quantitative estimate of drug-likeness (QED) is 0.324. The number of aromatic nitrogens is 1. The van der Waals surface area contributed by atoms with E-state index in [9.17, 15) is 14.7 Å². The fourth-order valence-electron chi connectivity index (χ4n) is 4.13. The Morgan fingerprint density at radius 1 is 1.09 bits per heavy atom. The van der Waals surface area contributed by atoms with Gasteiger partial charge < -0.3 is 14.7 Å². The summed E-state index contributed by atoms with van der Waals surface area (Å²) in [7, 11) is 5.26. The molecule has 0 spiro atoms. The van der Waals surface area contributed by atoms with Crippen molar-refractivity contribution in [2.24, 2.45) is 0 Å². The number of ether oxygens (including phenoxy) is 1. The molecule has 0 aliphatic carbocycles. The minimum absolute atomic E-state index is 0.0483. The van der Waals surface area contributed by atoms with Crippen LogP contribution in [0.4, 0.5) is 11.4 Å². The molecule has 1 aromatic heterocycles. The van der Waals surface area contributed by atoms with Crippen LogP contribution >= 0.6 is 11.6 Å². The van der Waals surface area contributed by atoms with Crippen molar-refractivity contribution in [1.29, 1.82) is 0 Å². The summed E-state index contributed by atoms with van der Waals surface area (Å²) in [5.41, 5.74) is 3.06. The number of Topliss-reactive ketones (excluding diaryl/α,β-unsaturated/α-hetero) is 1. The minimum Gasteiger partial charge on any atom is -0.507 e. The number of benzene rings is 2. The first kappa shape index (κ1) is 23.3. The van der Waals surface area contributed by atoms with Crippen LogP contribution in [0.25, 0.3) is 5.76 Å². The number of ketones is 1. The number of carbonyl (C=O) groups is 2. The Bertz CT molecular complexity index is 1290. The third-order valence-corrected chi connectivity index (χ3v) is 6.04. The summed E-state index contributed by atoms with van der Waals surface area (Å²) in [6.45, 7) is 1.81. The van der Waals surface area contributed by atoms with Crippen LogP contribution in [0.2, 0.25) is 5.02 Å². The van der Waals surface area contributed by atoms with Crippen molar-refractivity contribution in [2.45, 2.75) is 13.0 Å². The first-order valence-corrected chi connectivity index (χ1v) is 10.9. The van der Waals surface area contributed by atoms with Crippen LogP contribution in [0.1, 0.15) is 22.7 Å². The lowest BCUT2D eigenvalue weighted by Crippen LogP contribution is -2.29. The second-order valence-electron chi connectivity index (χ2n) is 8.19. The van der Waals surface area contributed by atoms with Crippen LogP contribution in [0.3, 0.4) is 0 Å². The Labute approximate surface area is 202 Å². The number of nitrogens with zero attached hydrogens (tertiary/aromatic N) is 3. The highest BCUT2D eigenvalue weighted by Gasteiger charge is 2.47. The molecule has 0 bridgehead atoms. The van der Waals surface area contributed by atoms with Gasteiger partial charge in [-0.2, -0.15) is 0 Å². The molecule has 0 saturated carbocycles. The van der Waals surface area contributed by atoms with E-state index in [0.29, 0.717) is 11.3 Å². The van der Waals surface area contributed by atoms with Gasteiger partial charge in [0.25, 0.3) is 11.7 Å². The van der Waals surface area contributed by atoms with E-state index in [1.807, 2.05) is 38.1 Å². The second-order valence-corrected chi connectivity index (χ2v) is 8.60. The van der Waals surface area contributed by atoms with Crippen LogP contribution in [0.15, 0.2) is 66.5 Å². The SMILES string of the molecule is COc1c(Cl)cc(C)cc1/C(O)=C1\C(=O)C(=O)N(c2ccc(N(C)C)cc2)C1c1ccncc1. The number of hydrogen-bond acceptors (Lipinski definition) is 6. The number of pyridine rings is 1. The second kappa shape index (κ2) is 9.19. The molecule has 1 aliphatic rings. The van der Waals surface area contributed by atoms with Gasteiger partial charge in [0.15, 0.2) is 0 Å². The summed E-state index contributed by atoms with van der Waals surface area (Å²) >= 11 is 6.34. The Kier molecular flexibility index (Phi) is 6.30. The smallest absolute Gasteiger partial charge is 0.300 e. The lowest BCUT2D eigenvalue weighted by molar-refractivity contribution is -0.132. The number of carbonyl (C=O) groups excluding carboxylic acids is 2. The number of aryl methyl sites for hydroxylation is 1. The van der Waals surface area contributed by atoms with Gasteiger partial charge in [-0.25, -0.2) is 0 Å². The molecule has 1 amide bonds. The molecule has 1 saturated heterocycles. The van der Waals surface area contributed by atoms with Gasteiger partial charge in [0.05, 0.1) is 29.3 Å². The van der Waals surface area contributed by atoms with E-state index < -0.39 is 17.7 Å². The van der Waals surface area contributed by atoms with Crippen LogP contribution in [0, 0.1) is 6.92 Å². The van der Waals surface area contributed by atoms with Crippen molar-refractivity contribution in [3.8, 4) is 5.75 Å². The number of methoxy groups -OCH3 is 1. The van der Waals surface area contributed by atoms with Gasteiger partial charge in [-0.1, -0.05) is 11.6 Å². The number of hydrogen-bond donors (Lipinski definition) is 1. The third kappa shape index (κ3) is 3.99. The number of anilines is 2. The molecule has 1 N–H and O–H groups in total. The predicted octanol–water partition coefficient (Wildman–Crippen LogP) is 4.74. The molecule has 8 heteroatoms. The van der Waals surface area contributed by atoms with Crippen LogP contribution in [-0.2, 0) is 9.59 Å². The third-order valence-electron chi connectivity index (χ3n) is 5.76. The zero-order chi connectivity index (χ0) is 24.6. The average Bonchev–Trinajstić information content (AvgIpc) is 3.09. The van der Waals surface area contributed by atoms with Gasteiger partial charge in [-0.15, -0.1) is 0 Å². The largest absolute Gasteiger partial charge is 0.507 e. The fourth-order valence-corrected chi connectivity index (χ4v) is 4.48. The molecule has 1 aliphatic heterocycles. The van der Waals surface area contributed by atoms with Crippen LogP contribution in [0.5, 0.6) is 5.75 Å². The molecular formula is C26H24ClN3O4. The zero-order valence-corrected chi connectivity index (χ0v) is 20.0. The van der Waals surface area contributed by atoms with Crippen LogP contribution in [-0.4, -0.2) is 43.0 Å². The van der Waals surface area contributed by atoms with Gasteiger partial charge in [0.2, 0.25) is 0 Å². The lowest BCUT2D eigenvalue weighted by Gasteiger charge is -2.26. The van der Waals surface area contributed by atoms with E-state index in [-0.39, 0.29) is 27.7 Å². The standard InChI is InChI=1S/C26H24ClN3O4/c1-15-13-19(25(34-4)20(27)14-15)23(31)21-22(16-9-11-28-12-10-16)30(26(33)24(21)32)18-7-5-17(6-8-18)29(2)3/h5-14,22,31H,1-4H3/b23-21+. The number of amides is 1. The van der Waals surface area contributed by atoms with Crippen molar-refractivity contribution in [1.82, 2.24) is 4.98 Å². The highest BCUT2D eigenvalue weighted by molar-refractivity contribution is 6.51. The Morgan fingerprint density at radius 2 is 1.74 bits per heavy atom. The number of aliphatic hydroxyl groups is 1. The van der Waals surface area contributed by atoms with Gasteiger partial charge >= 0.3 is 0 Å². The lowest BCUT2D eigenvalue weighted by atomic mass is 9.95. The normalized spacial score (nSPS) is 17.2. The minimum atomic E-state index is -0.864. The Morgan fingerprint density at radius 3 is 2.32 bits per heavy atom. The Balaban J connectivity index is 1.96. The number of aliphatic hydroxyl groups excluding tert-OH is 1. The van der Waals surface area contributed by atoms with E-state index in [1.165, 1.54) is 12.0 Å². The van der Waals surface area contributed by atoms with Gasteiger partial charge in [-0.3, -0.25) is 19.5 Å². The van der Waals surface area contributed by atoms with E-state index >= 15 is 0 Å². The molecule has 34 heavy (non-hydrogen) atoms. The molecule has 1 atom stereocenters. The molecule has 2 aromatic carbocycles. The van der Waals surface area contributed by atoms with Gasteiger partial charge in [0, 0.05) is 37.9 Å². The van der Waals surface area contributed by atoms with Gasteiger partial charge in [-0.05, 0) is 66.6 Å². The molecular weight excluding hydrogens is 454 g/mol. The molecule has 1 unspecified atom stereocenters. The molecule has 0 radical (unpaired) electrons. The summed E-state index contributed by atoms with van der Waals surface area (Å²) in [5, 5.41) is 11.7. The summed E-state index contributed by atoms with van der Waals surface area (Å²) in [6, 6.07) is 13.2. The fraction of sp³-hybridized carbons (Fsp3) is 0.192. The zero-order valence-electron chi connectivity index (χ0n) is 19.2.